The summed E-state index contributed by atoms with van der Waals surface area (Å²) in [5.74, 6) is -0.265. The van der Waals surface area contributed by atoms with Gasteiger partial charge in [0.25, 0.3) is 0 Å². The standard InChI is InChI=1S/C28H48O7/c1-14(23(31)24(32)15(2)26(3,4)34)17-7-8-18-16-13-35-25(33)20-11-21(29)22(30)12-28(20,6)19(16)9-10-27(17,18)5/h14-24,29-32,34H,7-13H2,1-6H3/t14-,15+,16-,17+,18-,19-,20+,21-,22+,23-,24+,27+,28+/m0/s1. The van der Waals surface area contributed by atoms with E-state index in [0.29, 0.717) is 18.9 Å². The molecule has 7 heteroatoms. The average molecular weight is 497 g/mol. The predicted octanol–water partition coefficient (Wildman–Crippen LogP) is 2.50. The maximum Gasteiger partial charge on any atom is 0.309 e. The Bertz CT molecular complexity index is 795. The molecule has 0 unspecified atom stereocenters. The Hall–Kier alpha value is -0.730. The van der Waals surface area contributed by atoms with E-state index < -0.39 is 47.3 Å². The van der Waals surface area contributed by atoms with Crippen LogP contribution in [0.3, 0.4) is 0 Å². The minimum absolute atomic E-state index is 0.0470. The molecule has 35 heavy (non-hydrogen) atoms. The molecule has 5 N–H and O–H groups in total. The summed E-state index contributed by atoms with van der Waals surface area (Å²) in [5, 5.41) is 53.3. The summed E-state index contributed by atoms with van der Waals surface area (Å²) in [6.45, 7) is 11.9. The van der Waals surface area contributed by atoms with Crippen molar-refractivity contribution in [3.63, 3.8) is 0 Å². The minimum Gasteiger partial charge on any atom is -0.465 e. The van der Waals surface area contributed by atoms with Crippen molar-refractivity contribution in [2.75, 3.05) is 6.61 Å². The van der Waals surface area contributed by atoms with Crippen LogP contribution >= 0.6 is 0 Å². The van der Waals surface area contributed by atoms with Crippen LogP contribution in [0.1, 0.15) is 80.1 Å². The van der Waals surface area contributed by atoms with Gasteiger partial charge in [-0.2, -0.15) is 0 Å². The number of fused-ring (bicyclic) bond motifs is 5. The van der Waals surface area contributed by atoms with Crippen LogP contribution in [0.5, 0.6) is 0 Å². The van der Waals surface area contributed by atoms with E-state index in [2.05, 4.69) is 13.8 Å². The molecule has 1 heterocycles. The van der Waals surface area contributed by atoms with Crippen LogP contribution in [0.25, 0.3) is 0 Å². The van der Waals surface area contributed by atoms with Gasteiger partial charge in [0.1, 0.15) is 0 Å². The van der Waals surface area contributed by atoms with Gasteiger partial charge >= 0.3 is 5.97 Å². The van der Waals surface area contributed by atoms with Gasteiger partial charge in [0.15, 0.2) is 0 Å². The Morgan fingerprint density at radius 2 is 1.60 bits per heavy atom. The first-order chi connectivity index (χ1) is 16.1. The molecule has 0 bridgehead atoms. The highest BCUT2D eigenvalue weighted by molar-refractivity contribution is 5.74. The third-order valence-corrected chi connectivity index (χ3v) is 11.6. The number of rotatable bonds is 5. The zero-order chi connectivity index (χ0) is 26.1. The third kappa shape index (κ3) is 4.37. The molecule has 202 valence electrons. The Labute approximate surface area is 210 Å². The Balaban J connectivity index is 1.57. The number of carbonyl (C=O) groups is 1. The van der Waals surface area contributed by atoms with Crippen molar-refractivity contribution < 1.29 is 35.1 Å². The number of ether oxygens (including phenoxy) is 1. The molecular weight excluding hydrogens is 448 g/mol. The second kappa shape index (κ2) is 9.23. The summed E-state index contributed by atoms with van der Waals surface area (Å²) in [6.07, 6.45) is 0.837. The van der Waals surface area contributed by atoms with E-state index in [1.165, 1.54) is 0 Å². The van der Waals surface area contributed by atoms with Gasteiger partial charge in [0, 0.05) is 5.92 Å². The number of cyclic esters (lactones) is 1. The first kappa shape index (κ1) is 27.3. The summed E-state index contributed by atoms with van der Waals surface area (Å²) in [5.41, 5.74) is -1.54. The van der Waals surface area contributed by atoms with Crippen molar-refractivity contribution in [2.45, 2.75) is 110 Å². The number of esters is 1. The number of hydrogen-bond donors (Lipinski definition) is 5. The Morgan fingerprint density at radius 3 is 2.23 bits per heavy atom. The SMILES string of the molecule is C[C@H]([C@H](O)[C@H](O)[C@@H](C)C(C)(C)O)[C@H]1CC[C@H]2[C@@H]3COC(=O)[C@H]4C[C@H](O)[C@H](O)C[C@]4(C)[C@H]3CC[C@]12C. The van der Waals surface area contributed by atoms with E-state index in [1.54, 1.807) is 20.8 Å². The van der Waals surface area contributed by atoms with Crippen molar-refractivity contribution in [2.24, 2.45) is 52.3 Å². The maximum absolute atomic E-state index is 13.0. The lowest BCUT2D eigenvalue weighted by molar-refractivity contribution is -0.162. The predicted molar refractivity (Wildman–Crippen MR) is 131 cm³/mol. The van der Waals surface area contributed by atoms with E-state index in [4.69, 9.17) is 4.74 Å². The van der Waals surface area contributed by atoms with E-state index in [0.717, 1.165) is 25.7 Å². The first-order valence-electron chi connectivity index (χ1n) is 13.7. The maximum atomic E-state index is 13.0. The molecule has 0 aromatic carbocycles. The fraction of sp³-hybridized carbons (Fsp3) is 0.964. The lowest BCUT2D eigenvalue weighted by Crippen LogP contribution is -2.55. The summed E-state index contributed by atoms with van der Waals surface area (Å²) in [7, 11) is 0. The molecule has 13 atom stereocenters. The highest BCUT2D eigenvalue weighted by Gasteiger charge is 2.63. The molecule has 1 saturated heterocycles. The van der Waals surface area contributed by atoms with Gasteiger partial charge in [-0.15, -0.1) is 0 Å². The van der Waals surface area contributed by atoms with Crippen molar-refractivity contribution in [1.82, 2.24) is 0 Å². The van der Waals surface area contributed by atoms with Crippen LogP contribution in [0.4, 0.5) is 0 Å². The van der Waals surface area contributed by atoms with Crippen LogP contribution in [0, 0.1) is 52.3 Å². The average Bonchev–Trinajstić information content (AvgIpc) is 3.09. The van der Waals surface area contributed by atoms with E-state index >= 15 is 0 Å². The van der Waals surface area contributed by atoms with Gasteiger partial charge in [-0.1, -0.05) is 27.7 Å². The van der Waals surface area contributed by atoms with Gasteiger partial charge in [-0.3, -0.25) is 4.79 Å². The zero-order valence-electron chi connectivity index (χ0n) is 22.4. The van der Waals surface area contributed by atoms with Crippen LogP contribution in [-0.2, 0) is 9.53 Å². The molecule has 0 radical (unpaired) electrons. The minimum atomic E-state index is -1.09. The second-order valence-corrected chi connectivity index (χ2v) is 13.7. The quantitative estimate of drug-likeness (QED) is 0.370. The number of aliphatic hydroxyl groups is 5. The number of carbonyl (C=O) groups excluding carboxylic acids is 1. The van der Waals surface area contributed by atoms with Gasteiger partial charge in [0.2, 0.25) is 0 Å². The van der Waals surface area contributed by atoms with Crippen LogP contribution in [-0.4, -0.2) is 68.1 Å². The zero-order valence-corrected chi connectivity index (χ0v) is 22.4. The fourth-order valence-electron chi connectivity index (χ4n) is 8.96. The van der Waals surface area contributed by atoms with Gasteiger partial charge in [-0.05, 0) is 92.8 Å². The van der Waals surface area contributed by atoms with E-state index in [9.17, 15) is 30.3 Å². The van der Waals surface area contributed by atoms with Gasteiger partial charge < -0.3 is 30.3 Å². The molecule has 4 fully saturated rings. The molecule has 1 aliphatic heterocycles. The monoisotopic (exact) mass is 496 g/mol. The molecule has 7 nitrogen and oxygen atoms in total. The molecule has 4 aliphatic rings. The summed E-state index contributed by atoms with van der Waals surface area (Å²) >= 11 is 0. The highest BCUT2D eigenvalue weighted by atomic mass is 16.5. The molecule has 3 aliphatic carbocycles. The van der Waals surface area contributed by atoms with Gasteiger partial charge in [-0.25, -0.2) is 0 Å². The van der Waals surface area contributed by atoms with Crippen molar-refractivity contribution in [3.8, 4) is 0 Å². The molecule has 0 amide bonds. The Morgan fingerprint density at radius 1 is 0.971 bits per heavy atom. The van der Waals surface area contributed by atoms with Crippen molar-refractivity contribution in [1.29, 1.82) is 0 Å². The first-order valence-corrected chi connectivity index (χ1v) is 13.7. The molecule has 4 rings (SSSR count). The number of hydrogen-bond acceptors (Lipinski definition) is 7. The topological polar surface area (TPSA) is 127 Å². The third-order valence-electron chi connectivity index (χ3n) is 11.6. The smallest absolute Gasteiger partial charge is 0.309 e. The van der Waals surface area contributed by atoms with Crippen LogP contribution in [0.15, 0.2) is 0 Å². The largest absolute Gasteiger partial charge is 0.465 e. The molecule has 3 saturated carbocycles. The second-order valence-electron chi connectivity index (χ2n) is 13.7. The summed E-state index contributed by atoms with van der Waals surface area (Å²) < 4.78 is 5.85. The van der Waals surface area contributed by atoms with E-state index in [-0.39, 0.29) is 41.5 Å². The molecular formula is C28H48O7. The Kier molecular flexibility index (Phi) is 7.20. The summed E-state index contributed by atoms with van der Waals surface area (Å²) in [4.78, 5) is 13.0. The van der Waals surface area contributed by atoms with Gasteiger partial charge in [0.05, 0.1) is 42.5 Å². The highest BCUT2D eigenvalue weighted by Crippen LogP contribution is 2.66. The normalized spacial score (nSPS) is 47.4. The molecule has 0 aromatic heterocycles. The lowest BCUT2D eigenvalue weighted by Gasteiger charge is -2.56. The lowest BCUT2D eigenvalue weighted by atomic mass is 9.48. The van der Waals surface area contributed by atoms with Crippen LogP contribution in [0.2, 0.25) is 0 Å². The fourth-order valence-corrected chi connectivity index (χ4v) is 8.96. The van der Waals surface area contributed by atoms with Crippen molar-refractivity contribution in [3.05, 3.63) is 0 Å². The molecule has 0 aromatic rings. The van der Waals surface area contributed by atoms with E-state index in [1.807, 2.05) is 6.92 Å². The number of aliphatic hydroxyl groups excluding tert-OH is 4. The van der Waals surface area contributed by atoms with Crippen LogP contribution < -0.4 is 0 Å². The van der Waals surface area contributed by atoms with Crippen molar-refractivity contribution >= 4 is 5.97 Å². The summed E-state index contributed by atoms with van der Waals surface area (Å²) in [6, 6.07) is 0. The molecule has 0 spiro atoms.